The maximum Gasteiger partial charge on any atom is 0.573 e. The van der Waals surface area contributed by atoms with Crippen LogP contribution in [-0.2, 0) is 25.9 Å². The highest BCUT2D eigenvalue weighted by Crippen LogP contribution is 2.26. The summed E-state index contributed by atoms with van der Waals surface area (Å²) in [7, 11) is 0. The summed E-state index contributed by atoms with van der Waals surface area (Å²) in [6.45, 7) is 7.00. The molecule has 1 aromatic carbocycles. The lowest BCUT2D eigenvalue weighted by Crippen LogP contribution is -2.37. The molecule has 0 atom stereocenters. The molecule has 2 N–H and O–H groups in total. The van der Waals surface area contributed by atoms with Gasteiger partial charge in [0.05, 0.1) is 12.2 Å². The van der Waals surface area contributed by atoms with Gasteiger partial charge in [-0.3, -0.25) is 0 Å². The van der Waals surface area contributed by atoms with Gasteiger partial charge in [0.1, 0.15) is 11.5 Å². The van der Waals surface area contributed by atoms with Crippen molar-refractivity contribution in [3.63, 3.8) is 0 Å². The van der Waals surface area contributed by atoms with Gasteiger partial charge in [-0.25, -0.2) is 4.99 Å². The van der Waals surface area contributed by atoms with E-state index >= 15 is 0 Å². The van der Waals surface area contributed by atoms with Gasteiger partial charge in [0, 0.05) is 30.6 Å². The van der Waals surface area contributed by atoms with E-state index in [9.17, 15) is 13.2 Å². The van der Waals surface area contributed by atoms with Gasteiger partial charge in [-0.15, -0.1) is 37.1 Å². The molecule has 0 fully saturated rings. The Hall–Kier alpha value is -1.98. The van der Waals surface area contributed by atoms with Crippen LogP contribution in [0, 0.1) is 0 Å². The molecule has 0 bridgehead atoms. The first-order valence-electron chi connectivity index (χ1n) is 9.20. The van der Waals surface area contributed by atoms with Crippen LogP contribution in [0.1, 0.15) is 43.4 Å². The molecule has 0 amide bonds. The molecule has 0 radical (unpaired) electrons. The van der Waals surface area contributed by atoms with Crippen molar-refractivity contribution in [1.29, 1.82) is 0 Å². The number of alkyl halides is 3. The largest absolute Gasteiger partial charge is 0.573 e. The molecule has 0 aliphatic heterocycles. The molecule has 162 valence electrons. The Bertz CT molecular complexity index is 773. The summed E-state index contributed by atoms with van der Waals surface area (Å²) in [6, 6.07) is 5.96. The monoisotopic (exact) mass is 526 g/mol. The SMILES string of the molecule is CCNC(=NCc1ccccc1OC(F)(F)F)NCc1c(CC)noc1CC.I. The normalized spacial score (nSPS) is 11.7. The fourth-order valence-corrected chi connectivity index (χ4v) is 2.67. The molecule has 10 heteroatoms. The predicted molar refractivity (Wildman–Crippen MR) is 115 cm³/mol. The second-order valence-electron chi connectivity index (χ2n) is 5.94. The Kier molecular flexibility index (Phi) is 10.3. The third kappa shape index (κ3) is 7.75. The first-order chi connectivity index (χ1) is 13.4. The number of hydrogen-bond acceptors (Lipinski definition) is 4. The van der Waals surface area contributed by atoms with Crippen molar-refractivity contribution in [1.82, 2.24) is 15.8 Å². The van der Waals surface area contributed by atoms with Crippen LogP contribution in [0.5, 0.6) is 5.75 Å². The molecule has 0 saturated heterocycles. The second kappa shape index (κ2) is 11.9. The summed E-state index contributed by atoms with van der Waals surface area (Å²) in [5.41, 5.74) is 2.20. The molecule has 0 aliphatic rings. The van der Waals surface area contributed by atoms with E-state index in [-0.39, 0.29) is 36.3 Å². The lowest BCUT2D eigenvalue weighted by atomic mass is 10.1. The summed E-state index contributed by atoms with van der Waals surface area (Å²) < 4.78 is 47.1. The van der Waals surface area contributed by atoms with Crippen LogP contribution >= 0.6 is 24.0 Å². The van der Waals surface area contributed by atoms with E-state index in [0.29, 0.717) is 24.6 Å². The zero-order valence-electron chi connectivity index (χ0n) is 16.6. The van der Waals surface area contributed by atoms with Gasteiger partial charge in [0.25, 0.3) is 0 Å². The molecule has 1 aromatic heterocycles. The van der Waals surface area contributed by atoms with Gasteiger partial charge in [0.2, 0.25) is 0 Å². The van der Waals surface area contributed by atoms with Gasteiger partial charge in [-0.05, 0) is 19.4 Å². The topological polar surface area (TPSA) is 71.7 Å². The van der Waals surface area contributed by atoms with Crippen LogP contribution in [-0.4, -0.2) is 24.0 Å². The van der Waals surface area contributed by atoms with E-state index in [1.165, 1.54) is 12.1 Å². The lowest BCUT2D eigenvalue weighted by molar-refractivity contribution is -0.274. The van der Waals surface area contributed by atoms with Crippen molar-refractivity contribution < 1.29 is 22.4 Å². The number of rotatable bonds is 8. The van der Waals surface area contributed by atoms with Crippen molar-refractivity contribution >= 4 is 29.9 Å². The van der Waals surface area contributed by atoms with Crippen molar-refractivity contribution in [2.75, 3.05) is 6.54 Å². The zero-order chi connectivity index (χ0) is 20.6. The molecule has 0 unspecified atom stereocenters. The van der Waals surface area contributed by atoms with Gasteiger partial charge in [-0.1, -0.05) is 37.2 Å². The maximum atomic E-state index is 12.6. The molecule has 2 aromatic rings. The first-order valence-corrected chi connectivity index (χ1v) is 9.20. The van der Waals surface area contributed by atoms with Gasteiger partial charge in [-0.2, -0.15) is 0 Å². The highest BCUT2D eigenvalue weighted by atomic mass is 127. The molecule has 29 heavy (non-hydrogen) atoms. The standard InChI is InChI=1S/C19H25F3N4O2.HI/c1-4-15-14(16(5-2)28-26-15)12-25-18(23-6-3)24-11-13-9-7-8-10-17(13)27-19(20,21)22;/h7-10H,4-6,11-12H2,1-3H3,(H2,23,24,25);1H. The number of halogens is 4. The fourth-order valence-electron chi connectivity index (χ4n) is 2.67. The number of nitrogens with zero attached hydrogens (tertiary/aromatic N) is 2. The summed E-state index contributed by atoms with van der Waals surface area (Å²) in [6.07, 6.45) is -3.28. The third-order valence-electron chi connectivity index (χ3n) is 3.99. The van der Waals surface area contributed by atoms with E-state index in [1.807, 2.05) is 20.8 Å². The summed E-state index contributed by atoms with van der Waals surface area (Å²) >= 11 is 0. The molecule has 1 heterocycles. The number of aliphatic imine (C=N–C) groups is 1. The van der Waals surface area contributed by atoms with Crippen molar-refractivity contribution in [2.24, 2.45) is 4.99 Å². The number of hydrogen-bond donors (Lipinski definition) is 2. The van der Waals surface area contributed by atoms with E-state index in [4.69, 9.17) is 4.52 Å². The molecular formula is C19H26F3IN4O2. The number of ether oxygens (including phenoxy) is 1. The molecule has 0 aliphatic carbocycles. The Labute approximate surface area is 185 Å². The van der Waals surface area contributed by atoms with Gasteiger partial charge < -0.3 is 19.9 Å². The number of aromatic nitrogens is 1. The van der Waals surface area contributed by atoms with E-state index in [2.05, 4.69) is 25.5 Å². The smallest absolute Gasteiger partial charge is 0.405 e. The van der Waals surface area contributed by atoms with Crippen LogP contribution in [0.15, 0.2) is 33.8 Å². The number of guanidine groups is 1. The fraction of sp³-hybridized carbons (Fsp3) is 0.474. The number of benzene rings is 1. The number of aryl methyl sites for hydroxylation is 2. The molecule has 0 spiro atoms. The quantitative estimate of drug-likeness (QED) is 0.300. The maximum absolute atomic E-state index is 12.6. The number of nitrogens with one attached hydrogen (secondary N) is 2. The minimum atomic E-state index is -4.75. The van der Waals surface area contributed by atoms with Crippen molar-refractivity contribution in [3.8, 4) is 5.75 Å². The Morgan fingerprint density at radius 1 is 1.14 bits per heavy atom. The number of para-hydroxylation sites is 1. The average Bonchev–Trinajstić information content (AvgIpc) is 3.05. The summed E-state index contributed by atoms with van der Waals surface area (Å²) in [5.74, 6) is 1.04. The third-order valence-corrected chi connectivity index (χ3v) is 3.99. The lowest BCUT2D eigenvalue weighted by Gasteiger charge is -2.14. The zero-order valence-corrected chi connectivity index (χ0v) is 18.9. The summed E-state index contributed by atoms with van der Waals surface area (Å²) in [4.78, 5) is 4.38. The molecular weight excluding hydrogens is 500 g/mol. The van der Waals surface area contributed by atoms with Crippen molar-refractivity contribution in [3.05, 3.63) is 46.8 Å². The molecule has 6 nitrogen and oxygen atoms in total. The van der Waals surface area contributed by atoms with E-state index in [1.54, 1.807) is 12.1 Å². The van der Waals surface area contributed by atoms with E-state index in [0.717, 1.165) is 29.9 Å². The van der Waals surface area contributed by atoms with Gasteiger partial charge >= 0.3 is 6.36 Å². The van der Waals surface area contributed by atoms with Crippen LogP contribution in [0.4, 0.5) is 13.2 Å². The second-order valence-corrected chi connectivity index (χ2v) is 5.94. The highest BCUT2D eigenvalue weighted by molar-refractivity contribution is 14.0. The van der Waals surface area contributed by atoms with E-state index < -0.39 is 6.36 Å². The Morgan fingerprint density at radius 3 is 2.48 bits per heavy atom. The van der Waals surface area contributed by atoms with Crippen LogP contribution in [0.25, 0.3) is 0 Å². The van der Waals surface area contributed by atoms with Gasteiger partial charge in [0.15, 0.2) is 5.96 Å². The van der Waals surface area contributed by atoms with Crippen LogP contribution in [0.2, 0.25) is 0 Å². The highest BCUT2D eigenvalue weighted by Gasteiger charge is 2.31. The Balaban J connectivity index is 0.00000420. The molecule has 2 rings (SSSR count). The minimum absolute atomic E-state index is 0. The van der Waals surface area contributed by atoms with Crippen LogP contribution < -0.4 is 15.4 Å². The molecule has 0 saturated carbocycles. The average molecular weight is 526 g/mol. The van der Waals surface area contributed by atoms with Crippen LogP contribution in [0.3, 0.4) is 0 Å². The predicted octanol–water partition coefficient (Wildman–Crippen LogP) is 4.57. The Morgan fingerprint density at radius 2 is 1.86 bits per heavy atom. The first kappa shape index (κ1) is 25.1. The summed E-state index contributed by atoms with van der Waals surface area (Å²) in [5, 5.41) is 10.3. The minimum Gasteiger partial charge on any atom is -0.405 e. The van der Waals surface area contributed by atoms with Crippen molar-refractivity contribution in [2.45, 2.75) is 53.1 Å².